The Labute approximate surface area is 86.7 Å². The fourth-order valence-electron chi connectivity index (χ4n) is 1.49. The normalized spacial score (nSPS) is 11.6. The van der Waals surface area contributed by atoms with Gasteiger partial charge >= 0.3 is 0 Å². The Morgan fingerprint density at radius 3 is 2.36 bits per heavy atom. The molecule has 2 N–H and O–H groups in total. The van der Waals surface area contributed by atoms with E-state index in [0.29, 0.717) is 0 Å². The molecule has 0 fully saturated rings. The van der Waals surface area contributed by atoms with Gasteiger partial charge in [-0.1, -0.05) is 44.2 Å². The molecule has 1 aromatic carbocycles. The molecule has 1 aromatic rings. The van der Waals surface area contributed by atoms with Crippen molar-refractivity contribution >= 4 is 0 Å². The maximum Gasteiger partial charge on any atom is 0.0452 e. The van der Waals surface area contributed by atoms with E-state index in [9.17, 15) is 0 Å². The summed E-state index contributed by atoms with van der Waals surface area (Å²) in [5.41, 5.74) is 1.57. The average Bonchev–Trinajstić information content (AvgIpc) is 2.19. The highest BCUT2D eigenvalue weighted by molar-refractivity contribution is 5.23. The molecule has 0 atom stereocenters. The molecule has 14 heavy (non-hydrogen) atoms. The Kier molecular flexibility index (Phi) is 4.11. The van der Waals surface area contributed by atoms with E-state index in [0.717, 1.165) is 13.2 Å². The third-order valence-corrected chi connectivity index (χ3v) is 2.42. The molecule has 0 bridgehead atoms. The first-order valence-corrected chi connectivity index (χ1v) is 5.07. The summed E-state index contributed by atoms with van der Waals surface area (Å²) in [4.78, 5) is 0. The molecule has 0 aliphatic carbocycles. The highest BCUT2D eigenvalue weighted by Crippen LogP contribution is 2.21. The van der Waals surface area contributed by atoms with E-state index in [1.807, 2.05) is 7.05 Å². The van der Waals surface area contributed by atoms with E-state index in [1.54, 1.807) is 0 Å². The summed E-state index contributed by atoms with van der Waals surface area (Å²) in [6.07, 6.45) is 0. The second-order valence-electron chi connectivity index (χ2n) is 4.21. The van der Waals surface area contributed by atoms with Crippen LogP contribution in [0.25, 0.3) is 0 Å². The lowest BCUT2D eigenvalue weighted by atomic mass is 9.85. The summed E-state index contributed by atoms with van der Waals surface area (Å²) in [5.74, 6) is 0. The lowest BCUT2D eigenvalue weighted by molar-refractivity contribution is 0.460. The van der Waals surface area contributed by atoms with Gasteiger partial charge in [0.05, 0.1) is 0 Å². The van der Waals surface area contributed by atoms with Gasteiger partial charge in [-0.15, -0.1) is 0 Å². The van der Waals surface area contributed by atoms with Crippen molar-refractivity contribution in [3.05, 3.63) is 35.9 Å². The van der Waals surface area contributed by atoms with Crippen LogP contribution in [0.2, 0.25) is 0 Å². The SMILES string of the molecule is CNCNCC(C)(C)c1ccccc1. The second kappa shape index (κ2) is 5.13. The fourth-order valence-corrected chi connectivity index (χ4v) is 1.49. The van der Waals surface area contributed by atoms with Crippen LogP contribution in [0.5, 0.6) is 0 Å². The van der Waals surface area contributed by atoms with E-state index in [1.165, 1.54) is 5.56 Å². The predicted octanol–water partition coefficient (Wildman–Crippen LogP) is 1.73. The van der Waals surface area contributed by atoms with Crippen LogP contribution in [-0.4, -0.2) is 20.3 Å². The van der Waals surface area contributed by atoms with Crippen molar-refractivity contribution in [1.82, 2.24) is 10.6 Å². The van der Waals surface area contributed by atoms with Crippen molar-refractivity contribution in [3.8, 4) is 0 Å². The minimum absolute atomic E-state index is 0.193. The molecule has 1 rings (SSSR count). The molecular weight excluding hydrogens is 172 g/mol. The van der Waals surface area contributed by atoms with Gasteiger partial charge in [-0.2, -0.15) is 0 Å². The van der Waals surface area contributed by atoms with Crippen molar-refractivity contribution in [3.63, 3.8) is 0 Å². The smallest absolute Gasteiger partial charge is 0.0452 e. The number of nitrogens with one attached hydrogen (secondary N) is 2. The van der Waals surface area contributed by atoms with E-state index in [-0.39, 0.29) is 5.41 Å². The number of rotatable bonds is 5. The fraction of sp³-hybridized carbons (Fsp3) is 0.500. The van der Waals surface area contributed by atoms with Gasteiger partial charge in [-0.25, -0.2) is 0 Å². The van der Waals surface area contributed by atoms with E-state index >= 15 is 0 Å². The van der Waals surface area contributed by atoms with Crippen LogP contribution in [0, 0.1) is 0 Å². The van der Waals surface area contributed by atoms with Crippen LogP contribution in [0.1, 0.15) is 19.4 Å². The molecule has 0 saturated heterocycles. The van der Waals surface area contributed by atoms with Crippen LogP contribution in [0.15, 0.2) is 30.3 Å². The van der Waals surface area contributed by atoms with E-state index < -0.39 is 0 Å². The third kappa shape index (κ3) is 3.13. The average molecular weight is 192 g/mol. The summed E-state index contributed by atoms with van der Waals surface area (Å²) >= 11 is 0. The van der Waals surface area contributed by atoms with Crippen LogP contribution in [0.4, 0.5) is 0 Å². The number of hydrogen-bond acceptors (Lipinski definition) is 2. The Balaban J connectivity index is 2.56. The lowest BCUT2D eigenvalue weighted by Gasteiger charge is -2.25. The van der Waals surface area contributed by atoms with Gasteiger partial charge in [0.25, 0.3) is 0 Å². The van der Waals surface area contributed by atoms with E-state index in [4.69, 9.17) is 0 Å². The molecule has 0 saturated carbocycles. The van der Waals surface area contributed by atoms with Crippen LogP contribution < -0.4 is 10.6 Å². The van der Waals surface area contributed by atoms with Gasteiger partial charge in [0.1, 0.15) is 0 Å². The van der Waals surface area contributed by atoms with E-state index in [2.05, 4.69) is 54.8 Å². The zero-order chi connectivity index (χ0) is 10.4. The second-order valence-corrected chi connectivity index (χ2v) is 4.21. The third-order valence-electron chi connectivity index (χ3n) is 2.42. The maximum atomic E-state index is 3.36. The monoisotopic (exact) mass is 192 g/mol. The molecule has 0 aromatic heterocycles. The summed E-state index contributed by atoms with van der Waals surface area (Å²) in [6.45, 7) is 6.35. The molecule has 0 amide bonds. The molecule has 78 valence electrons. The zero-order valence-electron chi connectivity index (χ0n) is 9.30. The molecule has 0 aliphatic heterocycles. The Hall–Kier alpha value is -0.860. The Morgan fingerprint density at radius 1 is 1.14 bits per heavy atom. The first-order valence-electron chi connectivity index (χ1n) is 5.07. The number of benzene rings is 1. The first kappa shape index (κ1) is 11.2. The number of hydrogen-bond donors (Lipinski definition) is 2. The van der Waals surface area contributed by atoms with Gasteiger partial charge in [-0.05, 0) is 12.6 Å². The quantitative estimate of drug-likeness (QED) is 0.548. The highest BCUT2D eigenvalue weighted by atomic mass is 15.0. The first-order chi connectivity index (χ1) is 6.67. The standard InChI is InChI=1S/C12H20N2/c1-12(2,9-14-10-13-3)11-7-5-4-6-8-11/h4-8,13-14H,9-10H2,1-3H3. The zero-order valence-corrected chi connectivity index (χ0v) is 9.30. The molecule has 2 heteroatoms. The topological polar surface area (TPSA) is 24.1 Å². The summed E-state index contributed by atoms with van der Waals surface area (Å²) in [6, 6.07) is 10.6. The summed E-state index contributed by atoms with van der Waals surface area (Å²) in [5, 5.41) is 6.44. The molecule has 0 spiro atoms. The largest absolute Gasteiger partial charge is 0.308 e. The predicted molar refractivity (Wildman–Crippen MR) is 61.4 cm³/mol. The van der Waals surface area contributed by atoms with Crippen molar-refractivity contribution in [2.45, 2.75) is 19.3 Å². The molecule has 0 heterocycles. The Morgan fingerprint density at radius 2 is 1.79 bits per heavy atom. The minimum atomic E-state index is 0.193. The molecule has 0 unspecified atom stereocenters. The molecule has 0 aliphatic rings. The van der Waals surface area contributed by atoms with Crippen molar-refractivity contribution in [1.29, 1.82) is 0 Å². The lowest BCUT2D eigenvalue weighted by Crippen LogP contribution is -2.37. The molecule has 0 radical (unpaired) electrons. The van der Waals surface area contributed by atoms with Gasteiger partial charge < -0.3 is 10.6 Å². The van der Waals surface area contributed by atoms with Gasteiger partial charge in [0.2, 0.25) is 0 Å². The minimum Gasteiger partial charge on any atom is -0.308 e. The van der Waals surface area contributed by atoms with Crippen LogP contribution in [-0.2, 0) is 5.41 Å². The van der Waals surface area contributed by atoms with Gasteiger partial charge in [0.15, 0.2) is 0 Å². The maximum absolute atomic E-state index is 3.36. The summed E-state index contributed by atoms with van der Waals surface area (Å²) in [7, 11) is 1.95. The molecule has 2 nitrogen and oxygen atoms in total. The Bertz CT molecular complexity index is 254. The van der Waals surface area contributed by atoms with Crippen LogP contribution >= 0.6 is 0 Å². The van der Waals surface area contributed by atoms with Crippen molar-refractivity contribution in [2.75, 3.05) is 20.3 Å². The van der Waals surface area contributed by atoms with Gasteiger partial charge in [-0.3, -0.25) is 0 Å². The van der Waals surface area contributed by atoms with Crippen molar-refractivity contribution < 1.29 is 0 Å². The molecular formula is C12H20N2. The van der Waals surface area contributed by atoms with Gasteiger partial charge in [0, 0.05) is 18.6 Å². The summed E-state index contributed by atoms with van der Waals surface area (Å²) < 4.78 is 0. The van der Waals surface area contributed by atoms with Crippen LogP contribution in [0.3, 0.4) is 0 Å². The van der Waals surface area contributed by atoms with Crippen molar-refractivity contribution in [2.24, 2.45) is 0 Å². The highest BCUT2D eigenvalue weighted by Gasteiger charge is 2.18.